The van der Waals surface area contributed by atoms with Gasteiger partial charge in [0.05, 0.1) is 16.1 Å². The molecule has 1 aromatic carbocycles. The number of fused-ring (bicyclic) bond motifs is 1. The van der Waals surface area contributed by atoms with Crippen LogP contribution < -0.4 is 0 Å². The van der Waals surface area contributed by atoms with E-state index >= 15 is 0 Å². The number of halogens is 2. The third-order valence-electron chi connectivity index (χ3n) is 2.23. The van der Waals surface area contributed by atoms with Crippen molar-refractivity contribution < 1.29 is 5.11 Å². The third-order valence-corrected chi connectivity index (χ3v) is 2.95. The van der Waals surface area contributed by atoms with E-state index in [4.69, 9.17) is 23.2 Å². The lowest BCUT2D eigenvalue weighted by atomic mass is 10.1. The average molecular weight is 203 g/mol. The summed E-state index contributed by atoms with van der Waals surface area (Å²) in [5.41, 5.74) is 2.06. The maximum atomic E-state index is 9.49. The van der Waals surface area contributed by atoms with Crippen molar-refractivity contribution in [3.8, 4) is 0 Å². The second-order valence-electron chi connectivity index (χ2n) is 3.02. The Hall–Kier alpha value is -0.240. The van der Waals surface area contributed by atoms with Gasteiger partial charge in [-0.3, -0.25) is 0 Å². The predicted octanol–water partition coefficient (Wildman–Crippen LogP) is 2.97. The lowest BCUT2D eigenvalue weighted by Gasteiger charge is -2.04. The van der Waals surface area contributed by atoms with Gasteiger partial charge in [-0.1, -0.05) is 23.2 Å². The fourth-order valence-electron chi connectivity index (χ4n) is 1.58. The van der Waals surface area contributed by atoms with Crippen LogP contribution in [-0.2, 0) is 6.42 Å². The van der Waals surface area contributed by atoms with E-state index in [0.29, 0.717) is 10.0 Å². The van der Waals surface area contributed by atoms with Gasteiger partial charge in [0.1, 0.15) is 0 Å². The monoisotopic (exact) mass is 202 g/mol. The highest BCUT2D eigenvalue weighted by atomic mass is 35.5. The van der Waals surface area contributed by atoms with Crippen LogP contribution in [0.1, 0.15) is 23.7 Å². The van der Waals surface area contributed by atoms with Gasteiger partial charge >= 0.3 is 0 Å². The maximum absolute atomic E-state index is 9.49. The lowest BCUT2D eigenvalue weighted by Crippen LogP contribution is -1.89. The topological polar surface area (TPSA) is 20.2 Å². The minimum Gasteiger partial charge on any atom is -0.388 e. The molecule has 0 amide bonds. The molecular weight excluding hydrogens is 195 g/mol. The van der Waals surface area contributed by atoms with Gasteiger partial charge in [0.25, 0.3) is 0 Å². The van der Waals surface area contributed by atoms with E-state index in [0.717, 1.165) is 24.0 Å². The van der Waals surface area contributed by atoms with Crippen molar-refractivity contribution >= 4 is 23.2 Å². The Balaban J connectivity index is 2.56. The lowest BCUT2D eigenvalue weighted by molar-refractivity contribution is 0.180. The molecule has 0 fully saturated rings. The number of aliphatic hydroxyl groups is 1. The molecule has 64 valence electrons. The molecule has 0 saturated heterocycles. The van der Waals surface area contributed by atoms with Crippen LogP contribution in [0.4, 0.5) is 0 Å². The SMILES string of the molecule is O[C@@H]1CCc2cc(Cl)c(Cl)cc21. The predicted molar refractivity (Wildman–Crippen MR) is 49.7 cm³/mol. The molecule has 1 aliphatic rings. The zero-order chi connectivity index (χ0) is 8.72. The molecule has 1 N–H and O–H groups in total. The van der Waals surface area contributed by atoms with Gasteiger partial charge in [-0.05, 0) is 36.1 Å². The van der Waals surface area contributed by atoms with E-state index in [-0.39, 0.29) is 6.10 Å². The Morgan fingerprint density at radius 2 is 1.92 bits per heavy atom. The van der Waals surface area contributed by atoms with Crippen molar-refractivity contribution in [2.45, 2.75) is 18.9 Å². The van der Waals surface area contributed by atoms with E-state index in [1.165, 1.54) is 0 Å². The van der Waals surface area contributed by atoms with Crippen LogP contribution in [0, 0.1) is 0 Å². The first-order chi connectivity index (χ1) is 5.68. The second-order valence-corrected chi connectivity index (χ2v) is 3.83. The van der Waals surface area contributed by atoms with Crippen molar-refractivity contribution in [3.63, 3.8) is 0 Å². The van der Waals surface area contributed by atoms with E-state index in [2.05, 4.69) is 0 Å². The molecule has 1 aromatic rings. The van der Waals surface area contributed by atoms with Gasteiger partial charge in [-0.2, -0.15) is 0 Å². The zero-order valence-corrected chi connectivity index (χ0v) is 7.86. The van der Waals surface area contributed by atoms with Crippen LogP contribution in [0.5, 0.6) is 0 Å². The molecule has 0 aromatic heterocycles. The number of aryl methyl sites for hydroxylation is 1. The highest BCUT2D eigenvalue weighted by Gasteiger charge is 2.21. The summed E-state index contributed by atoms with van der Waals surface area (Å²) in [5, 5.41) is 10.6. The van der Waals surface area contributed by atoms with E-state index in [9.17, 15) is 5.11 Å². The summed E-state index contributed by atoms with van der Waals surface area (Å²) in [5.74, 6) is 0. The standard InChI is InChI=1S/C9H8Cl2O/c10-7-3-5-1-2-9(12)6(5)4-8(7)11/h3-4,9,12H,1-2H2/t9-/m1/s1. The highest BCUT2D eigenvalue weighted by molar-refractivity contribution is 6.42. The fraction of sp³-hybridized carbons (Fsp3) is 0.333. The van der Waals surface area contributed by atoms with Gasteiger partial charge in [0.2, 0.25) is 0 Å². The van der Waals surface area contributed by atoms with Crippen LogP contribution in [0.15, 0.2) is 12.1 Å². The van der Waals surface area contributed by atoms with Crippen molar-refractivity contribution in [1.29, 1.82) is 0 Å². The molecule has 0 spiro atoms. The Bertz CT molecular complexity index is 323. The number of hydrogen-bond acceptors (Lipinski definition) is 1. The summed E-state index contributed by atoms with van der Waals surface area (Å²) in [6.07, 6.45) is 1.33. The van der Waals surface area contributed by atoms with E-state index in [1.807, 2.05) is 6.07 Å². The molecule has 0 unspecified atom stereocenters. The summed E-state index contributed by atoms with van der Waals surface area (Å²) in [6.45, 7) is 0. The molecule has 2 rings (SSSR count). The van der Waals surface area contributed by atoms with E-state index in [1.54, 1.807) is 6.07 Å². The first kappa shape index (κ1) is 8.36. The van der Waals surface area contributed by atoms with Gasteiger partial charge in [0, 0.05) is 0 Å². The van der Waals surface area contributed by atoms with Gasteiger partial charge < -0.3 is 5.11 Å². The van der Waals surface area contributed by atoms with Crippen LogP contribution in [-0.4, -0.2) is 5.11 Å². The summed E-state index contributed by atoms with van der Waals surface area (Å²) < 4.78 is 0. The molecule has 12 heavy (non-hydrogen) atoms. The van der Waals surface area contributed by atoms with Crippen molar-refractivity contribution in [1.82, 2.24) is 0 Å². The zero-order valence-electron chi connectivity index (χ0n) is 6.35. The third kappa shape index (κ3) is 1.22. The first-order valence-electron chi connectivity index (χ1n) is 3.84. The largest absolute Gasteiger partial charge is 0.388 e. The normalized spacial score (nSPS) is 21.1. The van der Waals surface area contributed by atoms with Gasteiger partial charge in [0.15, 0.2) is 0 Å². The van der Waals surface area contributed by atoms with Gasteiger partial charge in [-0.25, -0.2) is 0 Å². The fourth-order valence-corrected chi connectivity index (χ4v) is 1.94. The van der Waals surface area contributed by atoms with Crippen LogP contribution in [0.3, 0.4) is 0 Å². The summed E-state index contributed by atoms with van der Waals surface area (Å²) in [7, 11) is 0. The minimum absolute atomic E-state index is 0.352. The number of benzene rings is 1. The van der Waals surface area contributed by atoms with Crippen LogP contribution >= 0.6 is 23.2 Å². The Morgan fingerprint density at radius 3 is 2.67 bits per heavy atom. The van der Waals surface area contributed by atoms with Crippen LogP contribution in [0.25, 0.3) is 0 Å². The summed E-state index contributed by atoms with van der Waals surface area (Å²) >= 11 is 11.6. The molecule has 1 aliphatic carbocycles. The summed E-state index contributed by atoms with van der Waals surface area (Å²) in [4.78, 5) is 0. The molecule has 1 atom stereocenters. The highest BCUT2D eigenvalue weighted by Crippen LogP contribution is 2.36. The quantitative estimate of drug-likeness (QED) is 0.687. The summed E-state index contributed by atoms with van der Waals surface area (Å²) in [6, 6.07) is 3.60. The molecule has 0 aliphatic heterocycles. The molecule has 1 nitrogen and oxygen atoms in total. The number of hydrogen-bond donors (Lipinski definition) is 1. The Labute approximate surface area is 80.9 Å². The Kier molecular flexibility index (Phi) is 2.03. The van der Waals surface area contributed by atoms with Crippen molar-refractivity contribution in [3.05, 3.63) is 33.3 Å². The second kappa shape index (κ2) is 2.91. The van der Waals surface area contributed by atoms with Crippen molar-refractivity contribution in [2.24, 2.45) is 0 Å². The molecular formula is C9H8Cl2O. The number of rotatable bonds is 0. The molecule has 0 bridgehead atoms. The smallest absolute Gasteiger partial charge is 0.0796 e. The average Bonchev–Trinajstić information content (AvgIpc) is 2.35. The maximum Gasteiger partial charge on any atom is 0.0796 e. The van der Waals surface area contributed by atoms with Crippen molar-refractivity contribution in [2.75, 3.05) is 0 Å². The molecule has 0 radical (unpaired) electrons. The van der Waals surface area contributed by atoms with E-state index < -0.39 is 0 Å². The first-order valence-corrected chi connectivity index (χ1v) is 4.60. The molecule has 0 heterocycles. The Morgan fingerprint density at radius 1 is 1.25 bits per heavy atom. The molecule has 0 saturated carbocycles. The number of aliphatic hydroxyl groups excluding tert-OH is 1. The van der Waals surface area contributed by atoms with Crippen LogP contribution in [0.2, 0.25) is 10.0 Å². The molecule has 3 heteroatoms. The van der Waals surface area contributed by atoms with Gasteiger partial charge in [-0.15, -0.1) is 0 Å². The minimum atomic E-state index is -0.352.